The Bertz CT molecular complexity index is 795. The molecule has 0 spiro atoms. The standard InChI is InChI=1S/C19H23ClN4O2/c1-14-11-19(24(25)26)18(12-17(14)21)23-8-2-7-22(9-10-23)13-15-3-5-16(20)6-4-15/h3-6,11-12H,2,7-10,13,21H2,1H3. The first kappa shape index (κ1) is 18.5. The molecular formula is C19H23ClN4O2. The molecule has 0 aliphatic carbocycles. The largest absolute Gasteiger partial charge is 0.398 e. The molecule has 138 valence electrons. The fourth-order valence-electron chi connectivity index (χ4n) is 3.31. The molecule has 0 radical (unpaired) electrons. The number of benzene rings is 2. The van der Waals surface area contributed by atoms with Crippen molar-refractivity contribution in [3.8, 4) is 0 Å². The second kappa shape index (κ2) is 7.93. The summed E-state index contributed by atoms with van der Waals surface area (Å²) in [4.78, 5) is 15.6. The summed E-state index contributed by atoms with van der Waals surface area (Å²) in [5.41, 5.74) is 9.29. The molecule has 2 aromatic carbocycles. The first-order valence-electron chi connectivity index (χ1n) is 8.70. The van der Waals surface area contributed by atoms with E-state index in [1.165, 1.54) is 5.56 Å². The van der Waals surface area contributed by atoms with E-state index >= 15 is 0 Å². The van der Waals surface area contributed by atoms with Crippen molar-refractivity contribution >= 4 is 28.7 Å². The van der Waals surface area contributed by atoms with Gasteiger partial charge in [-0.1, -0.05) is 23.7 Å². The normalized spacial score (nSPS) is 15.7. The number of nitro benzene ring substituents is 1. The number of nitrogen functional groups attached to an aromatic ring is 1. The lowest BCUT2D eigenvalue weighted by molar-refractivity contribution is -0.384. The van der Waals surface area contributed by atoms with Crippen molar-refractivity contribution in [3.63, 3.8) is 0 Å². The number of hydrogen-bond donors (Lipinski definition) is 1. The van der Waals surface area contributed by atoms with Crippen LogP contribution in [-0.4, -0.2) is 36.0 Å². The van der Waals surface area contributed by atoms with Crippen molar-refractivity contribution in [2.75, 3.05) is 36.8 Å². The highest BCUT2D eigenvalue weighted by molar-refractivity contribution is 6.30. The Morgan fingerprint density at radius 3 is 2.58 bits per heavy atom. The van der Waals surface area contributed by atoms with Crippen LogP contribution in [0.4, 0.5) is 17.1 Å². The number of hydrogen-bond acceptors (Lipinski definition) is 5. The van der Waals surface area contributed by atoms with Crippen molar-refractivity contribution in [1.82, 2.24) is 4.90 Å². The molecule has 0 saturated carbocycles. The number of nitrogens with zero attached hydrogens (tertiary/aromatic N) is 3. The Kier molecular flexibility index (Phi) is 5.64. The van der Waals surface area contributed by atoms with Crippen LogP contribution in [0.15, 0.2) is 36.4 Å². The SMILES string of the molecule is Cc1cc([N+](=O)[O-])c(N2CCCN(Cc3ccc(Cl)cc3)CC2)cc1N. The lowest BCUT2D eigenvalue weighted by Gasteiger charge is -2.24. The number of anilines is 2. The van der Waals surface area contributed by atoms with Gasteiger partial charge >= 0.3 is 0 Å². The Morgan fingerprint density at radius 1 is 1.15 bits per heavy atom. The third-order valence-corrected chi connectivity index (χ3v) is 5.06. The lowest BCUT2D eigenvalue weighted by atomic mass is 10.1. The highest BCUT2D eigenvalue weighted by atomic mass is 35.5. The summed E-state index contributed by atoms with van der Waals surface area (Å²) in [6.07, 6.45) is 0.943. The first-order chi connectivity index (χ1) is 12.4. The molecule has 6 nitrogen and oxygen atoms in total. The van der Waals surface area contributed by atoms with Gasteiger partial charge in [0.2, 0.25) is 0 Å². The van der Waals surface area contributed by atoms with E-state index in [0.717, 1.165) is 49.7 Å². The number of nitrogens with two attached hydrogens (primary N) is 1. The van der Waals surface area contributed by atoms with E-state index in [0.29, 0.717) is 11.4 Å². The maximum absolute atomic E-state index is 11.5. The number of nitro groups is 1. The van der Waals surface area contributed by atoms with Crippen molar-refractivity contribution < 1.29 is 4.92 Å². The average Bonchev–Trinajstić information content (AvgIpc) is 2.84. The summed E-state index contributed by atoms with van der Waals surface area (Å²) in [6.45, 7) is 5.95. The summed E-state index contributed by atoms with van der Waals surface area (Å²) in [6, 6.07) is 11.2. The van der Waals surface area contributed by atoms with E-state index in [1.807, 2.05) is 24.3 Å². The summed E-state index contributed by atoms with van der Waals surface area (Å²) < 4.78 is 0. The van der Waals surface area contributed by atoms with Crippen LogP contribution in [0, 0.1) is 17.0 Å². The summed E-state index contributed by atoms with van der Waals surface area (Å²) >= 11 is 5.95. The van der Waals surface area contributed by atoms with Gasteiger partial charge in [-0.15, -0.1) is 0 Å². The van der Waals surface area contributed by atoms with Crippen LogP contribution in [0.3, 0.4) is 0 Å². The molecule has 0 aromatic heterocycles. The fourth-order valence-corrected chi connectivity index (χ4v) is 3.44. The maximum atomic E-state index is 11.5. The number of halogens is 1. The second-order valence-electron chi connectivity index (χ2n) is 6.70. The molecule has 26 heavy (non-hydrogen) atoms. The van der Waals surface area contributed by atoms with Crippen LogP contribution in [-0.2, 0) is 6.54 Å². The van der Waals surface area contributed by atoms with Crippen LogP contribution < -0.4 is 10.6 Å². The molecule has 3 rings (SSSR count). The van der Waals surface area contributed by atoms with Gasteiger partial charge in [-0.3, -0.25) is 15.0 Å². The number of rotatable bonds is 4. The highest BCUT2D eigenvalue weighted by Crippen LogP contribution is 2.33. The monoisotopic (exact) mass is 374 g/mol. The third-order valence-electron chi connectivity index (χ3n) is 4.81. The van der Waals surface area contributed by atoms with Crippen LogP contribution >= 0.6 is 11.6 Å². The second-order valence-corrected chi connectivity index (χ2v) is 7.13. The summed E-state index contributed by atoms with van der Waals surface area (Å²) in [7, 11) is 0. The Hall–Kier alpha value is -2.31. The van der Waals surface area contributed by atoms with Crippen molar-refractivity contribution in [2.45, 2.75) is 19.9 Å². The van der Waals surface area contributed by atoms with Gasteiger partial charge < -0.3 is 10.6 Å². The minimum Gasteiger partial charge on any atom is -0.398 e. The molecular weight excluding hydrogens is 352 g/mol. The van der Waals surface area contributed by atoms with Gasteiger partial charge in [-0.2, -0.15) is 0 Å². The molecule has 0 unspecified atom stereocenters. The number of aryl methyl sites for hydroxylation is 1. The van der Waals surface area contributed by atoms with E-state index in [-0.39, 0.29) is 10.6 Å². The Balaban J connectivity index is 1.73. The molecule has 0 atom stereocenters. The lowest BCUT2D eigenvalue weighted by Crippen LogP contribution is -2.31. The molecule has 0 amide bonds. The topological polar surface area (TPSA) is 75.6 Å². The molecule has 2 N–H and O–H groups in total. The van der Waals surface area contributed by atoms with E-state index in [9.17, 15) is 10.1 Å². The first-order valence-corrected chi connectivity index (χ1v) is 9.08. The molecule has 2 aromatic rings. The quantitative estimate of drug-likeness (QED) is 0.499. The molecule has 1 aliphatic heterocycles. The molecule has 1 fully saturated rings. The van der Waals surface area contributed by atoms with Gasteiger partial charge in [0.15, 0.2) is 0 Å². The van der Waals surface area contributed by atoms with Crippen molar-refractivity contribution in [3.05, 3.63) is 62.7 Å². The maximum Gasteiger partial charge on any atom is 0.292 e. The van der Waals surface area contributed by atoms with Crippen molar-refractivity contribution in [1.29, 1.82) is 0 Å². The van der Waals surface area contributed by atoms with Crippen LogP contribution in [0.5, 0.6) is 0 Å². The summed E-state index contributed by atoms with van der Waals surface area (Å²) in [5, 5.41) is 12.2. The molecule has 1 heterocycles. The van der Waals surface area contributed by atoms with Gasteiger partial charge in [-0.05, 0) is 42.7 Å². The van der Waals surface area contributed by atoms with E-state index < -0.39 is 0 Å². The van der Waals surface area contributed by atoms with Crippen LogP contribution in [0.25, 0.3) is 0 Å². The fraction of sp³-hybridized carbons (Fsp3) is 0.368. The van der Waals surface area contributed by atoms with Crippen molar-refractivity contribution in [2.24, 2.45) is 0 Å². The molecule has 1 aliphatic rings. The molecule has 7 heteroatoms. The van der Waals surface area contributed by atoms with Gasteiger partial charge in [0.1, 0.15) is 5.69 Å². The van der Waals surface area contributed by atoms with E-state index in [1.54, 1.807) is 19.1 Å². The predicted molar refractivity (Wildman–Crippen MR) is 106 cm³/mol. The van der Waals surface area contributed by atoms with E-state index in [2.05, 4.69) is 9.80 Å². The average molecular weight is 375 g/mol. The van der Waals surface area contributed by atoms with Crippen LogP contribution in [0.2, 0.25) is 5.02 Å². The summed E-state index contributed by atoms with van der Waals surface area (Å²) in [5.74, 6) is 0. The zero-order valence-corrected chi connectivity index (χ0v) is 15.6. The zero-order valence-electron chi connectivity index (χ0n) is 14.8. The van der Waals surface area contributed by atoms with Gasteiger partial charge in [0.25, 0.3) is 5.69 Å². The smallest absolute Gasteiger partial charge is 0.292 e. The predicted octanol–water partition coefficient (Wildman–Crippen LogP) is 3.85. The van der Waals surface area contributed by atoms with Gasteiger partial charge in [0.05, 0.1) is 4.92 Å². The third kappa shape index (κ3) is 4.26. The van der Waals surface area contributed by atoms with Crippen LogP contribution in [0.1, 0.15) is 17.5 Å². The molecule has 1 saturated heterocycles. The molecule has 0 bridgehead atoms. The highest BCUT2D eigenvalue weighted by Gasteiger charge is 2.23. The van der Waals surface area contributed by atoms with E-state index in [4.69, 9.17) is 17.3 Å². The Morgan fingerprint density at radius 2 is 1.88 bits per heavy atom. The Labute approximate surface area is 158 Å². The zero-order chi connectivity index (χ0) is 18.7. The van der Waals surface area contributed by atoms with Gasteiger partial charge in [-0.25, -0.2) is 0 Å². The minimum absolute atomic E-state index is 0.128. The van der Waals surface area contributed by atoms with Gasteiger partial charge in [0, 0.05) is 49.5 Å². The minimum atomic E-state index is -0.321.